The SMILES string of the molecule is CCNC(=NCCCc1ccc(Br)cc1F)N(C)Cc1ncnn1C. The minimum Gasteiger partial charge on any atom is -0.357 e. The number of aliphatic imine (C=N–C) groups is 1. The van der Waals surface area contributed by atoms with Gasteiger partial charge in [-0.3, -0.25) is 9.67 Å². The van der Waals surface area contributed by atoms with Gasteiger partial charge in [0.1, 0.15) is 18.0 Å². The number of hydrogen-bond acceptors (Lipinski definition) is 3. The lowest BCUT2D eigenvalue weighted by atomic mass is 10.1. The van der Waals surface area contributed by atoms with Crippen LogP contribution in [0.5, 0.6) is 0 Å². The second kappa shape index (κ2) is 9.50. The van der Waals surface area contributed by atoms with Crippen LogP contribution in [0.1, 0.15) is 24.7 Å². The van der Waals surface area contributed by atoms with E-state index in [9.17, 15) is 4.39 Å². The third kappa shape index (κ3) is 5.81. The van der Waals surface area contributed by atoms with Crippen molar-refractivity contribution in [3.63, 3.8) is 0 Å². The third-order valence-corrected chi connectivity index (χ3v) is 4.25. The van der Waals surface area contributed by atoms with Crippen molar-refractivity contribution < 1.29 is 4.39 Å². The molecule has 1 aromatic carbocycles. The van der Waals surface area contributed by atoms with E-state index >= 15 is 0 Å². The number of rotatable bonds is 7. The Hall–Kier alpha value is -1.96. The predicted molar refractivity (Wildman–Crippen MR) is 101 cm³/mol. The number of nitrogens with zero attached hydrogens (tertiary/aromatic N) is 5. The van der Waals surface area contributed by atoms with Crippen molar-refractivity contribution >= 4 is 21.9 Å². The minimum absolute atomic E-state index is 0.176. The molecule has 0 saturated carbocycles. The zero-order valence-electron chi connectivity index (χ0n) is 14.8. The average molecular weight is 411 g/mol. The first kappa shape index (κ1) is 19.4. The van der Waals surface area contributed by atoms with E-state index in [0.717, 1.165) is 34.8 Å². The highest BCUT2D eigenvalue weighted by Crippen LogP contribution is 2.16. The van der Waals surface area contributed by atoms with Crippen LogP contribution in [0.3, 0.4) is 0 Å². The molecule has 0 saturated heterocycles. The maximum absolute atomic E-state index is 13.8. The summed E-state index contributed by atoms with van der Waals surface area (Å²) in [6.07, 6.45) is 2.99. The van der Waals surface area contributed by atoms with Gasteiger partial charge in [-0.25, -0.2) is 9.37 Å². The van der Waals surface area contributed by atoms with Crippen LogP contribution in [0.2, 0.25) is 0 Å². The largest absolute Gasteiger partial charge is 0.357 e. The summed E-state index contributed by atoms with van der Waals surface area (Å²) in [7, 11) is 3.83. The molecule has 0 aliphatic heterocycles. The summed E-state index contributed by atoms with van der Waals surface area (Å²) in [4.78, 5) is 10.9. The lowest BCUT2D eigenvalue weighted by Gasteiger charge is -2.21. The molecule has 0 radical (unpaired) electrons. The molecule has 0 amide bonds. The van der Waals surface area contributed by atoms with Gasteiger partial charge in [0, 0.05) is 31.7 Å². The molecular weight excluding hydrogens is 387 g/mol. The van der Waals surface area contributed by atoms with E-state index in [-0.39, 0.29) is 5.82 Å². The molecule has 0 fully saturated rings. The highest BCUT2D eigenvalue weighted by atomic mass is 79.9. The fraction of sp³-hybridized carbons (Fsp3) is 0.471. The smallest absolute Gasteiger partial charge is 0.194 e. The van der Waals surface area contributed by atoms with Crippen LogP contribution in [0.15, 0.2) is 34.0 Å². The van der Waals surface area contributed by atoms with Crippen LogP contribution >= 0.6 is 15.9 Å². The van der Waals surface area contributed by atoms with Gasteiger partial charge in [0.15, 0.2) is 5.96 Å². The zero-order valence-corrected chi connectivity index (χ0v) is 16.4. The molecule has 2 rings (SSSR count). The van der Waals surface area contributed by atoms with Crippen LogP contribution in [0.25, 0.3) is 0 Å². The molecule has 136 valence electrons. The van der Waals surface area contributed by atoms with Gasteiger partial charge < -0.3 is 10.2 Å². The van der Waals surface area contributed by atoms with Crippen molar-refractivity contribution in [2.75, 3.05) is 20.1 Å². The van der Waals surface area contributed by atoms with Gasteiger partial charge in [0.25, 0.3) is 0 Å². The third-order valence-electron chi connectivity index (χ3n) is 3.76. The first-order chi connectivity index (χ1) is 12.0. The summed E-state index contributed by atoms with van der Waals surface area (Å²) in [5.74, 6) is 1.50. The molecule has 25 heavy (non-hydrogen) atoms. The lowest BCUT2D eigenvalue weighted by molar-refractivity contribution is 0.448. The van der Waals surface area contributed by atoms with Crippen molar-refractivity contribution in [1.82, 2.24) is 25.0 Å². The number of nitrogens with one attached hydrogen (secondary N) is 1. The molecule has 0 atom stereocenters. The van der Waals surface area contributed by atoms with Gasteiger partial charge >= 0.3 is 0 Å². The van der Waals surface area contributed by atoms with E-state index in [4.69, 9.17) is 0 Å². The Morgan fingerprint density at radius 3 is 2.88 bits per heavy atom. The zero-order chi connectivity index (χ0) is 18.2. The van der Waals surface area contributed by atoms with Crippen molar-refractivity contribution in [2.24, 2.45) is 12.0 Å². The summed E-state index contributed by atoms with van der Waals surface area (Å²) in [6, 6.07) is 5.17. The van der Waals surface area contributed by atoms with Gasteiger partial charge in [-0.05, 0) is 37.5 Å². The van der Waals surface area contributed by atoms with Crippen molar-refractivity contribution in [3.8, 4) is 0 Å². The molecule has 6 nitrogen and oxygen atoms in total. The summed E-state index contributed by atoms with van der Waals surface area (Å²) < 4.78 is 16.3. The van der Waals surface area contributed by atoms with E-state index < -0.39 is 0 Å². The van der Waals surface area contributed by atoms with E-state index in [1.807, 2.05) is 38.1 Å². The monoisotopic (exact) mass is 410 g/mol. The van der Waals surface area contributed by atoms with Crippen LogP contribution in [0, 0.1) is 5.82 Å². The Morgan fingerprint density at radius 2 is 2.24 bits per heavy atom. The van der Waals surface area contributed by atoms with Crippen molar-refractivity contribution in [2.45, 2.75) is 26.3 Å². The van der Waals surface area contributed by atoms with E-state index in [2.05, 4.69) is 36.3 Å². The fourth-order valence-electron chi connectivity index (χ4n) is 2.40. The molecule has 1 heterocycles. The van der Waals surface area contributed by atoms with Gasteiger partial charge in [-0.15, -0.1) is 0 Å². The van der Waals surface area contributed by atoms with Crippen molar-refractivity contribution in [3.05, 3.63) is 46.2 Å². The molecule has 2 aromatic rings. The Bertz CT molecular complexity index is 715. The van der Waals surface area contributed by atoms with Gasteiger partial charge in [-0.1, -0.05) is 22.0 Å². The first-order valence-corrected chi connectivity index (χ1v) is 9.06. The molecule has 8 heteroatoms. The van der Waals surface area contributed by atoms with E-state index in [1.165, 1.54) is 6.07 Å². The second-order valence-electron chi connectivity index (χ2n) is 5.73. The summed E-state index contributed by atoms with van der Waals surface area (Å²) in [5.41, 5.74) is 0.718. The highest BCUT2D eigenvalue weighted by molar-refractivity contribution is 9.10. The second-order valence-corrected chi connectivity index (χ2v) is 6.65. The Labute approximate surface area is 156 Å². The molecule has 0 aliphatic rings. The lowest BCUT2D eigenvalue weighted by Crippen LogP contribution is -2.39. The predicted octanol–water partition coefficient (Wildman–Crippen LogP) is 2.75. The molecule has 0 spiro atoms. The van der Waals surface area contributed by atoms with Crippen LogP contribution in [0.4, 0.5) is 4.39 Å². The summed E-state index contributed by atoms with van der Waals surface area (Å²) in [5, 5.41) is 7.35. The standard InChI is InChI=1S/C17H24BrFN6/c1-4-20-17(24(2)11-16-22-12-23-25(16)3)21-9-5-6-13-7-8-14(18)10-15(13)19/h7-8,10,12H,4-6,9,11H2,1-3H3,(H,20,21). The number of hydrogen-bond donors (Lipinski definition) is 1. The Morgan fingerprint density at radius 1 is 1.44 bits per heavy atom. The van der Waals surface area contributed by atoms with E-state index in [1.54, 1.807) is 11.0 Å². The van der Waals surface area contributed by atoms with Gasteiger partial charge in [0.2, 0.25) is 0 Å². The van der Waals surface area contributed by atoms with Gasteiger partial charge in [-0.2, -0.15) is 5.10 Å². The fourth-order valence-corrected chi connectivity index (χ4v) is 2.73. The normalized spacial score (nSPS) is 11.6. The maximum atomic E-state index is 13.8. The van der Waals surface area contributed by atoms with Crippen LogP contribution in [-0.4, -0.2) is 45.8 Å². The van der Waals surface area contributed by atoms with Crippen molar-refractivity contribution in [1.29, 1.82) is 0 Å². The van der Waals surface area contributed by atoms with Gasteiger partial charge in [0.05, 0.1) is 6.54 Å². The molecular formula is C17H24BrFN6. The van der Waals surface area contributed by atoms with Crippen LogP contribution < -0.4 is 5.32 Å². The molecule has 0 aliphatic carbocycles. The average Bonchev–Trinajstić information content (AvgIpc) is 2.97. The number of guanidine groups is 1. The maximum Gasteiger partial charge on any atom is 0.194 e. The number of halogens is 2. The minimum atomic E-state index is -0.176. The summed E-state index contributed by atoms with van der Waals surface area (Å²) >= 11 is 3.27. The Kier molecular flexibility index (Phi) is 7.36. The first-order valence-electron chi connectivity index (χ1n) is 8.27. The Balaban J connectivity index is 1.91. The van der Waals surface area contributed by atoms with Crippen LogP contribution in [-0.2, 0) is 20.0 Å². The number of aryl methyl sites for hydroxylation is 2. The number of aromatic nitrogens is 3. The number of benzene rings is 1. The van der Waals surface area contributed by atoms with E-state index in [0.29, 0.717) is 19.5 Å². The quantitative estimate of drug-likeness (QED) is 0.433. The topological polar surface area (TPSA) is 58.3 Å². The molecule has 1 aromatic heterocycles. The molecule has 0 unspecified atom stereocenters. The molecule has 1 N–H and O–H groups in total. The summed E-state index contributed by atoms with van der Waals surface area (Å²) in [6.45, 7) is 4.05. The highest BCUT2D eigenvalue weighted by Gasteiger charge is 2.10. The molecule has 0 bridgehead atoms.